The number of amidine groups is 1. The molecule has 0 aromatic heterocycles. The van der Waals surface area contributed by atoms with Crippen molar-refractivity contribution in [1.82, 2.24) is 0 Å². The van der Waals surface area contributed by atoms with Gasteiger partial charge >= 0.3 is 0 Å². The number of nitrogens with two attached hydrogens (primary N) is 1. The third kappa shape index (κ3) is 6.37. The number of methoxy groups -OCH3 is 2. The van der Waals surface area contributed by atoms with Crippen molar-refractivity contribution in [2.24, 2.45) is 5.73 Å². The Labute approximate surface area is 106 Å². The lowest BCUT2D eigenvalue weighted by Gasteiger charge is -2.08. The SMILES string of the molecule is CC(=O)O.COc1ccc(CC(=N)N)cc1OC. The van der Waals surface area contributed by atoms with Crippen molar-refractivity contribution in [2.75, 3.05) is 14.2 Å². The molecular formula is C12H18N2O4. The molecule has 0 fully saturated rings. The highest BCUT2D eigenvalue weighted by atomic mass is 16.5. The quantitative estimate of drug-likeness (QED) is 0.554. The minimum absolute atomic E-state index is 0.136. The molecular weight excluding hydrogens is 236 g/mol. The highest BCUT2D eigenvalue weighted by Crippen LogP contribution is 2.27. The molecule has 0 amide bonds. The molecule has 0 radical (unpaired) electrons. The van der Waals surface area contributed by atoms with E-state index in [9.17, 15) is 0 Å². The smallest absolute Gasteiger partial charge is 0.300 e. The van der Waals surface area contributed by atoms with E-state index in [1.54, 1.807) is 20.3 Å². The van der Waals surface area contributed by atoms with Crippen LogP contribution in [-0.4, -0.2) is 31.1 Å². The standard InChI is InChI=1S/C10H14N2O2.C2H4O2/c1-13-8-4-3-7(6-10(11)12)5-9(8)14-2;1-2(3)4/h3-5H,6H2,1-2H3,(H3,11,12);1H3,(H,3,4). The third-order valence-electron chi connectivity index (χ3n) is 1.84. The van der Waals surface area contributed by atoms with E-state index in [0.717, 1.165) is 12.5 Å². The summed E-state index contributed by atoms with van der Waals surface area (Å²) in [6.07, 6.45) is 0.431. The molecule has 100 valence electrons. The van der Waals surface area contributed by atoms with Gasteiger partial charge in [-0.1, -0.05) is 6.07 Å². The number of hydrogen-bond acceptors (Lipinski definition) is 4. The van der Waals surface area contributed by atoms with E-state index in [1.165, 1.54) is 0 Å². The van der Waals surface area contributed by atoms with Gasteiger partial charge in [0.2, 0.25) is 0 Å². The Kier molecular flexibility index (Phi) is 6.95. The first-order chi connectivity index (χ1) is 8.40. The maximum atomic E-state index is 9.00. The van der Waals surface area contributed by atoms with E-state index in [2.05, 4.69) is 0 Å². The molecule has 1 aromatic rings. The number of carbonyl (C=O) groups is 1. The summed E-state index contributed by atoms with van der Waals surface area (Å²) in [5, 5.41) is 14.6. The monoisotopic (exact) mass is 254 g/mol. The molecule has 6 heteroatoms. The van der Waals surface area contributed by atoms with Crippen LogP contribution < -0.4 is 15.2 Å². The van der Waals surface area contributed by atoms with Crippen molar-refractivity contribution in [3.8, 4) is 11.5 Å². The molecule has 1 aromatic carbocycles. The highest BCUT2D eigenvalue weighted by Gasteiger charge is 2.04. The summed E-state index contributed by atoms with van der Waals surface area (Å²) < 4.78 is 10.2. The Balaban J connectivity index is 0.000000631. The zero-order valence-corrected chi connectivity index (χ0v) is 10.7. The first-order valence-electron chi connectivity index (χ1n) is 5.14. The van der Waals surface area contributed by atoms with Crippen molar-refractivity contribution in [3.63, 3.8) is 0 Å². The van der Waals surface area contributed by atoms with Gasteiger partial charge in [-0.15, -0.1) is 0 Å². The second-order valence-corrected chi connectivity index (χ2v) is 3.41. The lowest BCUT2D eigenvalue weighted by molar-refractivity contribution is -0.134. The number of carboxylic acids is 1. The molecule has 0 atom stereocenters. The molecule has 0 heterocycles. The van der Waals surface area contributed by atoms with E-state index in [0.29, 0.717) is 17.9 Å². The zero-order valence-electron chi connectivity index (χ0n) is 10.7. The molecule has 0 aliphatic carbocycles. The number of aliphatic carboxylic acids is 1. The number of ether oxygens (including phenoxy) is 2. The third-order valence-corrected chi connectivity index (χ3v) is 1.84. The van der Waals surface area contributed by atoms with Crippen LogP contribution in [0.1, 0.15) is 12.5 Å². The summed E-state index contributed by atoms with van der Waals surface area (Å²) >= 11 is 0. The van der Waals surface area contributed by atoms with Gasteiger partial charge in [0.15, 0.2) is 11.5 Å². The number of carboxylic acid groups (broad SMARTS) is 1. The highest BCUT2D eigenvalue weighted by molar-refractivity contribution is 5.79. The van der Waals surface area contributed by atoms with Crippen LogP contribution in [0.15, 0.2) is 18.2 Å². The molecule has 0 unspecified atom stereocenters. The number of nitrogens with one attached hydrogen (secondary N) is 1. The lowest BCUT2D eigenvalue weighted by atomic mass is 10.1. The second-order valence-electron chi connectivity index (χ2n) is 3.41. The Morgan fingerprint density at radius 2 is 1.83 bits per heavy atom. The predicted molar refractivity (Wildman–Crippen MR) is 68.5 cm³/mol. The molecule has 1 rings (SSSR count). The van der Waals surface area contributed by atoms with Gasteiger partial charge in [-0.05, 0) is 17.7 Å². The fourth-order valence-electron chi connectivity index (χ4n) is 1.21. The molecule has 0 aliphatic rings. The molecule has 0 spiro atoms. The van der Waals surface area contributed by atoms with Crippen LogP contribution in [0, 0.1) is 5.41 Å². The van der Waals surface area contributed by atoms with Gasteiger partial charge in [0.05, 0.1) is 20.1 Å². The molecule has 0 saturated heterocycles. The molecule has 0 aliphatic heterocycles. The Morgan fingerprint density at radius 3 is 2.22 bits per heavy atom. The van der Waals surface area contributed by atoms with Crippen molar-refractivity contribution in [2.45, 2.75) is 13.3 Å². The van der Waals surface area contributed by atoms with E-state index in [4.69, 9.17) is 30.5 Å². The first-order valence-corrected chi connectivity index (χ1v) is 5.14. The summed E-state index contributed by atoms with van der Waals surface area (Å²) in [6, 6.07) is 5.49. The zero-order chi connectivity index (χ0) is 14.1. The van der Waals surface area contributed by atoms with Gasteiger partial charge in [-0.25, -0.2) is 0 Å². The summed E-state index contributed by atoms with van der Waals surface area (Å²) in [6.45, 7) is 1.08. The van der Waals surface area contributed by atoms with Crippen LogP contribution in [0.25, 0.3) is 0 Å². The maximum absolute atomic E-state index is 9.00. The van der Waals surface area contributed by atoms with Crippen molar-refractivity contribution in [3.05, 3.63) is 23.8 Å². The number of benzene rings is 1. The summed E-state index contributed by atoms with van der Waals surface area (Å²) in [5.41, 5.74) is 6.24. The van der Waals surface area contributed by atoms with Gasteiger partial charge < -0.3 is 20.3 Å². The number of rotatable bonds is 4. The van der Waals surface area contributed by atoms with Crippen LogP contribution in [0.2, 0.25) is 0 Å². The Morgan fingerprint density at radius 1 is 1.33 bits per heavy atom. The van der Waals surface area contributed by atoms with E-state index in [-0.39, 0.29) is 5.84 Å². The largest absolute Gasteiger partial charge is 0.493 e. The van der Waals surface area contributed by atoms with Crippen LogP contribution in [0.5, 0.6) is 11.5 Å². The fraction of sp³-hybridized carbons (Fsp3) is 0.333. The average Bonchev–Trinajstić information content (AvgIpc) is 2.27. The van der Waals surface area contributed by atoms with E-state index < -0.39 is 5.97 Å². The maximum Gasteiger partial charge on any atom is 0.300 e. The van der Waals surface area contributed by atoms with Crippen LogP contribution >= 0.6 is 0 Å². The van der Waals surface area contributed by atoms with Crippen LogP contribution in [0.4, 0.5) is 0 Å². The average molecular weight is 254 g/mol. The van der Waals surface area contributed by atoms with E-state index in [1.807, 2.05) is 12.1 Å². The van der Waals surface area contributed by atoms with Crippen molar-refractivity contribution >= 4 is 11.8 Å². The van der Waals surface area contributed by atoms with Gasteiger partial charge in [0.25, 0.3) is 5.97 Å². The molecule has 18 heavy (non-hydrogen) atoms. The van der Waals surface area contributed by atoms with Gasteiger partial charge in [-0.3, -0.25) is 10.2 Å². The molecule has 6 nitrogen and oxygen atoms in total. The minimum Gasteiger partial charge on any atom is -0.493 e. The molecule has 4 N–H and O–H groups in total. The van der Waals surface area contributed by atoms with Crippen molar-refractivity contribution in [1.29, 1.82) is 5.41 Å². The normalized spacial score (nSPS) is 8.83. The lowest BCUT2D eigenvalue weighted by Crippen LogP contribution is -2.12. The van der Waals surface area contributed by atoms with Crippen molar-refractivity contribution < 1.29 is 19.4 Å². The van der Waals surface area contributed by atoms with Crippen LogP contribution in [-0.2, 0) is 11.2 Å². The Hall–Kier alpha value is -2.24. The topological polar surface area (TPSA) is 106 Å². The predicted octanol–water partition coefficient (Wildman–Crippen LogP) is 1.27. The number of hydrogen-bond donors (Lipinski definition) is 3. The molecule has 0 bridgehead atoms. The molecule has 0 saturated carbocycles. The van der Waals surface area contributed by atoms with Gasteiger partial charge in [0.1, 0.15) is 0 Å². The van der Waals surface area contributed by atoms with Gasteiger partial charge in [0, 0.05) is 13.3 Å². The minimum atomic E-state index is -0.833. The van der Waals surface area contributed by atoms with E-state index >= 15 is 0 Å². The Bertz CT molecular complexity index is 415. The first kappa shape index (κ1) is 15.8. The van der Waals surface area contributed by atoms with Crippen LogP contribution in [0.3, 0.4) is 0 Å². The second kappa shape index (κ2) is 7.94. The summed E-state index contributed by atoms with van der Waals surface area (Å²) in [4.78, 5) is 9.00. The summed E-state index contributed by atoms with van der Waals surface area (Å²) in [5.74, 6) is 0.642. The summed E-state index contributed by atoms with van der Waals surface area (Å²) in [7, 11) is 3.16. The fourth-order valence-corrected chi connectivity index (χ4v) is 1.21. The van der Waals surface area contributed by atoms with Gasteiger partial charge in [-0.2, -0.15) is 0 Å².